The van der Waals surface area contributed by atoms with E-state index in [0.29, 0.717) is 6.54 Å². The van der Waals surface area contributed by atoms with E-state index < -0.39 is 11.5 Å². The molecule has 5 nitrogen and oxygen atoms in total. The van der Waals surface area contributed by atoms with Gasteiger partial charge in [0.2, 0.25) is 0 Å². The van der Waals surface area contributed by atoms with Gasteiger partial charge in [-0.1, -0.05) is 27.2 Å². The van der Waals surface area contributed by atoms with E-state index in [4.69, 9.17) is 0 Å². The number of carboxylic acids is 1. The van der Waals surface area contributed by atoms with Crippen LogP contribution in [-0.4, -0.2) is 40.7 Å². The molecule has 0 aromatic heterocycles. The first-order chi connectivity index (χ1) is 9.45. The maximum absolute atomic E-state index is 12.0. The Hall–Kier alpha value is -0.910. The van der Waals surface area contributed by atoms with Crippen LogP contribution in [0, 0.1) is 11.8 Å². The Morgan fingerprint density at radius 2 is 1.90 bits per heavy atom. The second-order valence-electron chi connectivity index (χ2n) is 5.48. The smallest absolute Gasteiger partial charge is 0.330 e. The van der Waals surface area contributed by atoms with Crippen LogP contribution in [0.2, 0.25) is 0 Å². The van der Waals surface area contributed by atoms with Gasteiger partial charge in [0.05, 0.1) is 0 Å². The second kappa shape index (κ2) is 7.76. The molecule has 2 atom stereocenters. The van der Waals surface area contributed by atoms with Gasteiger partial charge in [-0.15, -0.1) is 0 Å². The fourth-order valence-electron chi connectivity index (χ4n) is 3.01. The molecule has 0 bridgehead atoms. The Morgan fingerprint density at radius 1 is 1.30 bits per heavy atom. The standard InChI is InChI=1S/C14H26N2O3S/c1-4-20-9-8-15-13(19)16-14(12(17)18)10(2)6-5-7-11(14)3/h10-11H,4-9H2,1-3H3,(H,17,18)(H2,15,16,19). The molecule has 0 aliphatic heterocycles. The van der Waals surface area contributed by atoms with Crippen LogP contribution in [0.15, 0.2) is 0 Å². The van der Waals surface area contributed by atoms with Crippen molar-refractivity contribution in [3.63, 3.8) is 0 Å². The van der Waals surface area contributed by atoms with Crippen molar-refractivity contribution in [2.24, 2.45) is 11.8 Å². The quantitative estimate of drug-likeness (QED) is 0.658. The highest BCUT2D eigenvalue weighted by Gasteiger charge is 2.51. The van der Waals surface area contributed by atoms with Gasteiger partial charge in [0.15, 0.2) is 0 Å². The topological polar surface area (TPSA) is 78.4 Å². The molecule has 0 spiro atoms. The number of aliphatic carboxylic acids is 1. The van der Waals surface area contributed by atoms with E-state index in [0.717, 1.165) is 30.8 Å². The average molecular weight is 302 g/mol. The number of urea groups is 1. The minimum absolute atomic E-state index is 0.0560. The molecule has 6 heteroatoms. The first-order valence-electron chi connectivity index (χ1n) is 7.32. The van der Waals surface area contributed by atoms with E-state index in [-0.39, 0.29) is 17.9 Å². The highest BCUT2D eigenvalue weighted by atomic mass is 32.2. The zero-order valence-electron chi connectivity index (χ0n) is 12.6. The molecule has 0 aromatic rings. The Balaban J connectivity index is 2.66. The number of carbonyl (C=O) groups is 2. The van der Waals surface area contributed by atoms with Gasteiger partial charge >= 0.3 is 12.0 Å². The predicted molar refractivity (Wildman–Crippen MR) is 82.1 cm³/mol. The van der Waals surface area contributed by atoms with Crippen LogP contribution < -0.4 is 10.6 Å². The normalized spacial score (nSPS) is 29.8. The number of thioether (sulfide) groups is 1. The number of nitrogens with one attached hydrogen (secondary N) is 2. The van der Waals surface area contributed by atoms with Crippen molar-refractivity contribution in [3.8, 4) is 0 Å². The molecule has 0 aromatic carbocycles. The lowest BCUT2D eigenvalue weighted by Gasteiger charge is -2.44. The van der Waals surface area contributed by atoms with Gasteiger partial charge in [-0.25, -0.2) is 9.59 Å². The summed E-state index contributed by atoms with van der Waals surface area (Å²) < 4.78 is 0. The number of hydrogen-bond acceptors (Lipinski definition) is 3. The molecule has 1 rings (SSSR count). The highest BCUT2D eigenvalue weighted by molar-refractivity contribution is 7.99. The van der Waals surface area contributed by atoms with Gasteiger partial charge in [-0.2, -0.15) is 11.8 Å². The summed E-state index contributed by atoms with van der Waals surface area (Å²) in [6.45, 7) is 6.45. The SMILES string of the molecule is CCSCCNC(=O)NC1(C(=O)O)C(C)CCCC1C. The van der Waals surface area contributed by atoms with Gasteiger partial charge in [-0.3, -0.25) is 0 Å². The molecule has 20 heavy (non-hydrogen) atoms. The van der Waals surface area contributed by atoms with Crippen molar-refractivity contribution in [1.29, 1.82) is 0 Å². The molecular weight excluding hydrogens is 276 g/mol. The van der Waals surface area contributed by atoms with Crippen LogP contribution in [0.25, 0.3) is 0 Å². The van der Waals surface area contributed by atoms with E-state index in [1.165, 1.54) is 0 Å². The molecule has 2 amide bonds. The summed E-state index contributed by atoms with van der Waals surface area (Å²) in [6, 6.07) is -0.371. The molecule has 116 valence electrons. The zero-order valence-corrected chi connectivity index (χ0v) is 13.4. The van der Waals surface area contributed by atoms with Crippen LogP contribution in [0.3, 0.4) is 0 Å². The van der Waals surface area contributed by atoms with Crippen LogP contribution >= 0.6 is 11.8 Å². The van der Waals surface area contributed by atoms with Crippen molar-refractivity contribution in [3.05, 3.63) is 0 Å². The maximum Gasteiger partial charge on any atom is 0.330 e. The number of amides is 2. The third-order valence-corrected chi connectivity index (χ3v) is 5.14. The molecule has 0 heterocycles. The summed E-state index contributed by atoms with van der Waals surface area (Å²) in [5, 5.41) is 15.1. The summed E-state index contributed by atoms with van der Waals surface area (Å²) in [5.41, 5.74) is -1.14. The summed E-state index contributed by atoms with van der Waals surface area (Å²) in [6.07, 6.45) is 2.69. The minimum Gasteiger partial charge on any atom is -0.479 e. The average Bonchev–Trinajstić information content (AvgIpc) is 2.39. The van der Waals surface area contributed by atoms with Gasteiger partial charge in [0, 0.05) is 12.3 Å². The molecule has 2 unspecified atom stereocenters. The van der Waals surface area contributed by atoms with Crippen LogP contribution in [-0.2, 0) is 4.79 Å². The van der Waals surface area contributed by atoms with E-state index in [1.807, 2.05) is 13.8 Å². The fraction of sp³-hybridized carbons (Fsp3) is 0.857. The summed E-state index contributed by atoms with van der Waals surface area (Å²) >= 11 is 1.74. The van der Waals surface area contributed by atoms with E-state index >= 15 is 0 Å². The largest absolute Gasteiger partial charge is 0.479 e. The lowest BCUT2D eigenvalue weighted by molar-refractivity contribution is -0.151. The van der Waals surface area contributed by atoms with Crippen molar-refractivity contribution < 1.29 is 14.7 Å². The van der Waals surface area contributed by atoms with E-state index in [2.05, 4.69) is 17.6 Å². The van der Waals surface area contributed by atoms with Gasteiger partial charge in [0.1, 0.15) is 5.54 Å². The minimum atomic E-state index is -1.14. The molecule has 1 fully saturated rings. The molecule has 0 saturated heterocycles. The van der Waals surface area contributed by atoms with E-state index in [9.17, 15) is 14.7 Å². The Morgan fingerprint density at radius 3 is 2.40 bits per heavy atom. The van der Waals surface area contributed by atoms with Gasteiger partial charge < -0.3 is 15.7 Å². The van der Waals surface area contributed by atoms with Gasteiger partial charge in [-0.05, 0) is 30.4 Å². The molecule has 3 N–H and O–H groups in total. The Kier molecular flexibility index (Phi) is 6.65. The van der Waals surface area contributed by atoms with Crippen molar-refractivity contribution in [1.82, 2.24) is 10.6 Å². The number of hydrogen-bond donors (Lipinski definition) is 3. The van der Waals surface area contributed by atoms with Crippen molar-refractivity contribution >= 4 is 23.8 Å². The Bertz CT molecular complexity index is 339. The van der Waals surface area contributed by atoms with Crippen LogP contribution in [0.4, 0.5) is 4.79 Å². The lowest BCUT2D eigenvalue weighted by atomic mass is 9.67. The van der Waals surface area contributed by atoms with E-state index in [1.54, 1.807) is 11.8 Å². The number of rotatable bonds is 6. The zero-order chi connectivity index (χ0) is 15.2. The second-order valence-corrected chi connectivity index (χ2v) is 6.88. The maximum atomic E-state index is 12.0. The molecule has 1 aliphatic rings. The summed E-state index contributed by atoms with van der Waals surface area (Å²) in [4.78, 5) is 23.7. The fourth-order valence-corrected chi connectivity index (χ4v) is 3.54. The molecule has 1 saturated carbocycles. The number of carbonyl (C=O) groups excluding carboxylic acids is 1. The first-order valence-corrected chi connectivity index (χ1v) is 8.47. The molecule has 1 aliphatic carbocycles. The molecule has 0 radical (unpaired) electrons. The predicted octanol–water partition coefficient (Wildman–Crippen LogP) is 2.32. The van der Waals surface area contributed by atoms with Crippen molar-refractivity contribution in [2.45, 2.75) is 45.6 Å². The summed E-state index contributed by atoms with van der Waals surface area (Å²) in [7, 11) is 0. The monoisotopic (exact) mass is 302 g/mol. The molecular formula is C14H26N2O3S. The Labute approximate surface area is 125 Å². The number of carboxylic acid groups (broad SMARTS) is 1. The third-order valence-electron chi connectivity index (χ3n) is 4.24. The van der Waals surface area contributed by atoms with Crippen LogP contribution in [0.5, 0.6) is 0 Å². The lowest BCUT2D eigenvalue weighted by Crippen LogP contribution is -2.65. The van der Waals surface area contributed by atoms with Crippen LogP contribution in [0.1, 0.15) is 40.0 Å². The van der Waals surface area contributed by atoms with Crippen molar-refractivity contribution in [2.75, 3.05) is 18.1 Å². The van der Waals surface area contributed by atoms with Gasteiger partial charge in [0.25, 0.3) is 0 Å². The highest BCUT2D eigenvalue weighted by Crippen LogP contribution is 2.38. The third kappa shape index (κ3) is 3.81. The first kappa shape index (κ1) is 17.1. The summed E-state index contributed by atoms with van der Waals surface area (Å²) in [5.74, 6) is 0.820.